The lowest BCUT2D eigenvalue weighted by molar-refractivity contribution is -0.218. The fraction of sp³-hybridized carbons (Fsp3) is 0.435. The summed E-state index contributed by atoms with van der Waals surface area (Å²) < 4.78 is 13.1. The van der Waals surface area contributed by atoms with Gasteiger partial charge in [0.05, 0.1) is 12.7 Å². The van der Waals surface area contributed by atoms with Gasteiger partial charge in [0, 0.05) is 17.8 Å². The second kappa shape index (κ2) is 11.0. The summed E-state index contributed by atoms with van der Waals surface area (Å²) in [5.74, 6) is 1.10. The molecule has 2 aromatic carbocycles. The number of thioether (sulfide) groups is 1. The van der Waals surface area contributed by atoms with E-state index in [1.165, 1.54) is 16.4 Å². The van der Waals surface area contributed by atoms with Crippen LogP contribution >= 0.6 is 23.4 Å². The molecule has 5 unspecified atom stereocenters. The third-order valence-electron chi connectivity index (χ3n) is 5.70. The van der Waals surface area contributed by atoms with Crippen LogP contribution in [0.2, 0.25) is 5.02 Å². The average molecular weight is 507 g/mol. The number of hydrogen-bond donors (Lipinski definition) is 3. The Balaban J connectivity index is 1.51. The van der Waals surface area contributed by atoms with Gasteiger partial charge in [-0.05, 0) is 58.7 Å². The molecular formula is C23H27ClN4O5S. The van der Waals surface area contributed by atoms with Crippen LogP contribution in [-0.4, -0.2) is 72.3 Å². The molecule has 1 aromatic heterocycles. The summed E-state index contributed by atoms with van der Waals surface area (Å²) in [4.78, 5) is 0. The van der Waals surface area contributed by atoms with E-state index < -0.39 is 30.5 Å². The predicted octanol–water partition coefficient (Wildman–Crippen LogP) is 2.17. The summed E-state index contributed by atoms with van der Waals surface area (Å²) in [6.07, 6.45) is -4.92. The first kappa shape index (κ1) is 24.9. The van der Waals surface area contributed by atoms with Gasteiger partial charge in [-0.15, -0.1) is 5.10 Å². The number of rotatable bonds is 8. The molecule has 3 aromatic rings. The quantitative estimate of drug-likeness (QED) is 0.394. The summed E-state index contributed by atoms with van der Waals surface area (Å²) in [7, 11) is 1.71. The predicted molar refractivity (Wildman–Crippen MR) is 127 cm³/mol. The molecule has 182 valence electrons. The van der Waals surface area contributed by atoms with Gasteiger partial charge in [-0.2, -0.15) is 0 Å². The van der Waals surface area contributed by atoms with Crippen LogP contribution in [0.15, 0.2) is 47.6 Å². The topological polar surface area (TPSA) is 123 Å². The number of aryl methyl sites for hydroxylation is 1. The van der Waals surface area contributed by atoms with Gasteiger partial charge in [-0.25, -0.2) is 4.68 Å². The second-order valence-electron chi connectivity index (χ2n) is 8.07. The number of aliphatic hydroxyl groups excluding tert-OH is 3. The van der Waals surface area contributed by atoms with E-state index >= 15 is 0 Å². The van der Waals surface area contributed by atoms with Gasteiger partial charge in [-0.3, -0.25) is 0 Å². The van der Waals surface area contributed by atoms with Crippen molar-refractivity contribution in [2.75, 3.05) is 12.4 Å². The number of ether oxygens (including phenoxy) is 2. The van der Waals surface area contributed by atoms with E-state index in [-0.39, 0.29) is 0 Å². The Morgan fingerprint density at radius 2 is 1.85 bits per heavy atom. The molecule has 1 fully saturated rings. The van der Waals surface area contributed by atoms with Crippen LogP contribution < -0.4 is 4.74 Å². The highest BCUT2D eigenvalue weighted by molar-refractivity contribution is 7.99. The number of nitrogens with zero attached hydrogens (tertiary/aromatic N) is 4. The molecule has 5 atom stereocenters. The number of tetrazole rings is 1. The van der Waals surface area contributed by atoms with E-state index in [1.807, 2.05) is 37.3 Å². The van der Waals surface area contributed by atoms with Crippen LogP contribution in [0.5, 0.6) is 5.75 Å². The van der Waals surface area contributed by atoms with E-state index in [9.17, 15) is 15.3 Å². The summed E-state index contributed by atoms with van der Waals surface area (Å²) in [5.41, 5.74) is 2.57. The van der Waals surface area contributed by atoms with Gasteiger partial charge >= 0.3 is 0 Å². The van der Waals surface area contributed by atoms with Gasteiger partial charge in [0.15, 0.2) is 0 Å². The third kappa shape index (κ3) is 5.54. The highest BCUT2D eigenvalue weighted by Gasteiger charge is 2.44. The summed E-state index contributed by atoms with van der Waals surface area (Å²) in [5, 5.41) is 44.1. The maximum absolute atomic E-state index is 10.7. The van der Waals surface area contributed by atoms with Gasteiger partial charge in [0.25, 0.3) is 0 Å². The molecule has 0 radical (unpaired) electrons. The van der Waals surface area contributed by atoms with Crippen molar-refractivity contribution in [2.45, 2.75) is 49.0 Å². The molecule has 0 aliphatic carbocycles. The van der Waals surface area contributed by atoms with Crippen molar-refractivity contribution in [1.82, 2.24) is 20.2 Å². The largest absolute Gasteiger partial charge is 0.494 e. The smallest absolute Gasteiger partial charge is 0.209 e. The highest BCUT2D eigenvalue weighted by Crippen LogP contribution is 2.36. The Labute approximate surface area is 206 Å². The van der Waals surface area contributed by atoms with E-state index in [0.717, 1.165) is 16.9 Å². The van der Waals surface area contributed by atoms with Crippen molar-refractivity contribution >= 4 is 23.4 Å². The van der Waals surface area contributed by atoms with Gasteiger partial charge < -0.3 is 24.8 Å². The molecule has 3 N–H and O–H groups in total. The first-order chi connectivity index (χ1) is 16.4. The van der Waals surface area contributed by atoms with Gasteiger partial charge in [0.1, 0.15) is 30.2 Å². The normalized spacial score (nSPS) is 24.8. The zero-order chi connectivity index (χ0) is 24.2. The Morgan fingerprint density at radius 1 is 1.09 bits per heavy atom. The second-order valence-corrected chi connectivity index (χ2v) is 9.46. The third-order valence-corrected chi connectivity index (χ3v) is 7.17. The molecule has 0 bridgehead atoms. The summed E-state index contributed by atoms with van der Waals surface area (Å²) in [6, 6.07) is 13.2. The Kier molecular flexibility index (Phi) is 8.07. The molecule has 2 heterocycles. The van der Waals surface area contributed by atoms with E-state index in [0.29, 0.717) is 34.5 Å². The van der Waals surface area contributed by atoms with E-state index in [1.54, 1.807) is 19.2 Å². The van der Waals surface area contributed by atoms with E-state index in [2.05, 4.69) is 15.5 Å². The van der Waals surface area contributed by atoms with Crippen molar-refractivity contribution in [3.8, 4) is 5.75 Å². The molecule has 0 amide bonds. The molecule has 0 saturated carbocycles. The first-order valence-corrected chi connectivity index (χ1v) is 12.3. The fourth-order valence-corrected chi connectivity index (χ4v) is 4.95. The zero-order valence-electron chi connectivity index (χ0n) is 18.8. The number of aliphatic hydroxyl groups is 3. The molecule has 1 saturated heterocycles. The SMILES string of the molecule is CCOc1ccc(Cc2cc(C3OC(CSc4nnnn4C)C(O)C(O)C3O)ccc2Cl)cc1. The van der Waals surface area contributed by atoms with Crippen molar-refractivity contribution in [3.05, 3.63) is 64.2 Å². The van der Waals surface area contributed by atoms with Crippen molar-refractivity contribution in [1.29, 1.82) is 0 Å². The standard InChI is InChI=1S/C23H27ClN4O5S/c1-3-32-16-7-4-13(5-8-16)10-15-11-14(6-9-17(15)24)22-21(31)20(30)19(29)18(33-22)12-34-23-25-26-27-28(23)2/h4-9,11,18-22,29-31H,3,10,12H2,1-2H3. The zero-order valence-corrected chi connectivity index (χ0v) is 20.4. The first-order valence-electron chi connectivity index (χ1n) is 10.9. The average Bonchev–Trinajstić information content (AvgIpc) is 3.25. The summed E-state index contributed by atoms with van der Waals surface area (Å²) >= 11 is 7.76. The van der Waals surface area contributed by atoms with Crippen molar-refractivity contribution in [3.63, 3.8) is 0 Å². The molecule has 34 heavy (non-hydrogen) atoms. The summed E-state index contributed by atoms with van der Waals surface area (Å²) in [6.45, 7) is 2.54. The van der Waals surface area contributed by atoms with Crippen molar-refractivity contribution in [2.24, 2.45) is 7.05 Å². The molecular weight excluding hydrogens is 480 g/mol. The van der Waals surface area contributed by atoms with Crippen LogP contribution in [0.25, 0.3) is 0 Å². The maximum Gasteiger partial charge on any atom is 0.209 e. The number of halogens is 1. The molecule has 1 aliphatic rings. The van der Waals surface area contributed by atoms with Crippen LogP contribution in [0.1, 0.15) is 29.7 Å². The molecule has 4 rings (SSSR count). The van der Waals surface area contributed by atoms with Crippen LogP contribution in [0, 0.1) is 0 Å². The minimum Gasteiger partial charge on any atom is -0.494 e. The van der Waals surface area contributed by atoms with Crippen LogP contribution in [0.4, 0.5) is 0 Å². The van der Waals surface area contributed by atoms with Gasteiger partial charge in [0.2, 0.25) is 5.16 Å². The lowest BCUT2D eigenvalue weighted by Crippen LogP contribution is -2.54. The Hall–Kier alpha value is -2.21. The molecule has 11 heteroatoms. The molecule has 9 nitrogen and oxygen atoms in total. The van der Waals surface area contributed by atoms with Crippen molar-refractivity contribution < 1.29 is 24.8 Å². The minimum absolute atomic E-state index is 0.294. The number of aromatic nitrogens is 4. The Bertz CT molecular complexity index is 1100. The van der Waals surface area contributed by atoms with Gasteiger partial charge in [-0.1, -0.05) is 47.6 Å². The fourth-order valence-electron chi connectivity index (χ4n) is 3.86. The number of benzene rings is 2. The lowest BCUT2D eigenvalue weighted by atomic mass is 9.90. The minimum atomic E-state index is -1.37. The number of hydrogen-bond acceptors (Lipinski definition) is 9. The molecule has 0 spiro atoms. The van der Waals surface area contributed by atoms with E-state index in [4.69, 9.17) is 21.1 Å². The highest BCUT2D eigenvalue weighted by atomic mass is 35.5. The van der Waals surface area contributed by atoms with Crippen LogP contribution in [-0.2, 0) is 18.2 Å². The monoisotopic (exact) mass is 506 g/mol. The maximum atomic E-state index is 10.7. The molecule has 1 aliphatic heterocycles. The van der Waals surface area contributed by atoms with Crippen LogP contribution in [0.3, 0.4) is 0 Å². The Morgan fingerprint density at radius 3 is 2.53 bits per heavy atom. The lowest BCUT2D eigenvalue weighted by Gasteiger charge is -2.41.